The minimum Gasteiger partial charge on any atom is -0.482 e. The number of fused-ring (bicyclic) bond motifs is 1. The van der Waals surface area contributed by atoms with Crippen LogP contribution in [-0.4, -0.2) is 87.0 Å². The fraction of sp³-hybridized carbons (Fsp3) is 0.463. The van der Waals surface area contributed by atoms with Crippen LogP contribution >= 0.6 is 0 Å². The molecule has 3 amide bonds. The van der Waals surface area contributed by atoms with Gasteiger partial charge in [-0.05, 0) is 106 Å². The van der Waals surface area contributed by atoms with Gasteiger partial charge in [0.2, 0.25) is 5.91 Å². The fourth-order valence-corrected chi connectivity index (χ4v) is 7.06. The molecule has 2 fully saturated rings. The zero-order chi connectivity index (χ0) is 37.0. The van der Waals surface area contributed by atoms with Gasteiger partial charge in [0.25, 0.3) is 5.91 Å². The number of anilines is 2. The summed E-state index contributed by atoms with van der Waals surface area (Å²) in [5.41, 5.74) is 3.87. The SMILES string of the molecule is CCOC(=O)c1cccc(-c2cccc([C@H]3CCN(C(=O)OC(C)(C)C)C[C@@H]3C(=O)N(c3ccc4c(c3)N(CCCOC)C(=O)CO4)C3CC3)c2)c1. The molecule has 276 valence electrons. The first-order chi connectivity index (χ1) is 25.0. The minimum atomic E-state index is -0.683. The average Bonchev–Trinajstić information content (AvgIpc) is 3.97. The van der Waals surface area contributed by atoms with E-state index in [-0.39, 0.29) is 49.5 Å². The molecule has 2 atom stereocenters. The van der Waals surface area contributed by atoms with Gasteiger partial charge in [-0.3, -0.25) is 9.59 Å². The molecule has 52 heavy (non-hydrogen) atoms. The van der Waals surface area contributed by atoms with Gasteiger partial charge in [-0.25, -0.2) is 9.59 Å². The van der Waals surface area contributed by atoms with Crippen molar-refractivity contribution in [3.8, 4) is 16.9 Å². The van der Waals surface area contributed by atoms with Crippen molar-refractivity contribution in [2.75, 3.05) is 56.4 Å². The van der Waals surface area contributed by atoms with E-state index < -0.39 is 17.6 Å². The number of esters is 1. The Labute approximate surface area is 305 Å². The molecule has 1 saturated carbocycles. The summed E-state index contributed by atoms with van der Waals surface area (Å²) in [4.78, 5) is 59.2. The van der Waals surface area contributed by atoms with Gasteiger partial charge in [-0.2, -0.15) is 0 Å². The standard InChI is InChI=1S/C41H49N3O8/c1-6-50-39(47)30-13-8-11-28(23-30)27-10-7-12-29(22-27)33-18-20-42(40(48)52-41(2,3)4)25-34(33)38(46)44(31-14-15-31)32-16-17-36-35(24-32)43(19-9-21-49-5)37(45)26-51-36/h7-8,10-13,16-17,22-24,31,33-34H,6,9,14-15,18-21,25-26H2,1-5H3/t33-,34+/m1/s1. The van der Waals surface area contributed by atoms with Crippen LogP contribution < -0.4 is 14.5 Å². The van der Waals surface area contributed by atoms with Crippen molar-refractivity contribution in [1.82, 2.24) is 4.90 Å². The molecule has 0 aromatic heterocycles. The van der Waals surface area contributed by atoms with Crippen LogP contribution in [0.5, 0.6) is 5.75 Å². The van der Waals surface area contributed by atoms with E-state index in [0.717, 1.165) is 29.5 Å². The quantitative estimate of drug-likeness (QED) is 0.157. The van der Waals surface area contributed by atoms with Crippen molar-refractivity contribution in [2.45, 2.75) is 70.9 Å². The third-order valence-electron chi connectivity index (χ3n) is 9.65. The summed E-state index contributed by atoms with van der Waals surface area (Å²) in [7, 11) is 1.63. The highest BCUT2D eigenvalue weighted by Gasteiger charge is 2.44. The lowest BCUT2D eigenvalue weighted by atomic mass is 9.78. The number of carbonyl (C=O) groups excluding carboxylic acids is 4. The van der Waals surface area contributed by atoms with Crippen LogP contribution in [0, 0.1) is 5.92 Å². The Morgan fingerprint density at radius 3 is 2.42 bits per heavy atom. The normalized spacial score (nSPS) is 18.7. The number of methoxy groups -OCH3 is 1. The van der Waals surface area contributed by atoms with Crippen LogP contribution in [0.4, 0.5) is 16.2 Å². The molecular weight excluding hydrogens is 662 g/mol. The predicted octanol–water partition coefficient (Wildman–Crippen LogP) is 6.83. The Kier molecular flexibility index (Phi) is 11.2. The van der Waals surface area contributed by atoms with Gasteiger partial charge in [-0.1, -0.05) is 36.4 Å². The molecule has 2 aliphatic heterocycles. The largest absolute Gasteiger partial charge is 0.482 e. The molecule has 2 heterocycles. The Bertz CT molecular complexity index is 1800. The number of hydrogen-bond acceptors (Lipinski definition) is 8. The number of nitrogens with zero attached hydrogens (tertiary/aromatic N) is 3. The molecule has 0 bridgehead atoms. The number of benzene rings is 3. The lowest BCUT2D eigenvalue weighted by Gasteiger charge is -2.41. The van der Waals surface area contributed by atoms with Gasteiger partial charge >= 0.3 is 12.1 Å². The van der Waals surface area contributed by atoms with E-state index in [0.29, 0.717) is 55.2 Å². The maximum atomic E-state index is 15.0. The molecule has 6 rings (SSSR count). The predicted molar refractivity (Wildman–Crippen MR) is 198 cm³/mol. The van der Waals surface area contributed by atoms with Crippen molar-refractivity contribution in [1.29, 1.82) is 0 Å². The lowest BCUT2D eigenvalue weighted by molar-refractivity contribution is -0.124. The minimum absolute atomic E-state index is 0.00204. The van der Waals surface area contributed by atoms with E-state index in [9.17, 15) is 14.4 Å². The number of piperidine rings is 1. The number of likely N-dealkylation sites (tertiary alicyclic amines) is 1. The van der Waals surface area contributed by atoms with E-state index in [1.54, 1.807) is 29.9 Å². The second kappa shape index (κ2) is 15.8. The molecule has 1 aliphatic carbocycles. The summed E-state index contributed by atoms with van der Waals surface area (Å²) >= 11 is 0. The van der Waals surface area contributed by atoms with Crippen molar-refractivity contribution in [3.63, 3.8) is 0 Å². The van der Waals surface area contributed by atoms with E-state index in [2.05, 4.69) is 6.07 Å². The van der Waals surface area contributed by atoms with Gasteiger partial charge in [0.05, 0.1) is 23.8 Å². The van der Waals surface area contributed by atoms with Crippen molar-refractivity contribution >= 4 is 35.3 Å². The molecule has 3 aromatic rings. The number of rotatable bonds is 11. The van der Waals surface area contributed by atoms with Crippen LogP contribution in [0.1, 0.15) is 75.2 Å². The summed E-state index contributed by atoms with van der Waals surface area (Å²) in [5, 5.41) is 0. The molecule has 3 aliphatic rings. The summed E-state index contributed by atoms with van der Waals surface area (Å²) in [6, 6.07) is 21.0. The molecule has 11 heteroatoms. The summed E-state index contributed by atoms with van der Waals surface area (Å²) in [5.74, 6) is -0.776. The molecule has 0 radical (unpaired) electrons. The molecule has 11 nitrogen and oxygen atoms in total. The lowest BCUT2D eigenvalue weighted by Crippen LogP contribution is -2.51. The highest BCUT2D eigenvalue weighted by Crippen LogP contribution is 2.43. The molecule has 3 aromatic carbocycles. The first-order valence-electron chi connectivity index (χ1n) is 18.2. The maximum absolute atomic E-state index is 15.0. The summed E-state index contributed by atoms with van der Waals surface area (Å²) in [6.07, 6.45) is 2.49. The Balaban J connectivity index is 1.35. The van der Waals surface area contributed by atoms with Crippen molar-refractivity contribution < 1.29 is 38.1 Å². The highest BCUT2D eigenvalue weighted by atomic mass is 16.6. The smallest absolute Gasteiger partial charge is 0.410 e. The molecule has 1 saturated heterocycles. The second-order valence-electron chi connectivity index (χ2n) is 14.6. The monoisotopic (exact) mass is 711 g/mol. The van der Waals surface area contributed by atoms with Gasteiger partial charge in [0, 0.05) is 45.1 Å². The van der Waals surface area contributed by atoms with Gasteiger partial charge in [0.1, 0.15) is 11.4 Å². The van der Waals surface area contributed by atoms with E-state index in [4.69, 9.17) is 18.9 Å². The Hall–Kier alpha value is -4.90. The number of hydrogen-bond donors (Lipinski definition) is 0. The van der Waals surface area contributed by atoms with Crippen LogP contribution in [0.15, 0.2) is 66.7 Å². The van der Waals surface area contributed by atoms with E-state index >= 15 is 4.79 Å². The number of ether oxygens (including phenoxy) is 4. The van der Waals surface area contributed by atoms with Gasteiger partial charge in [-0.15, -0.1) is 0 Å². The second-order valence-corrected chi connectivity index (χ2v) is 14.6. The fourth-order valence-electron chi connectivity index (χ4n) is 7.06. The van der Waals surface area contributed by atoms with Crippen molar-refractivity contribution in [3.05, 3.63) is 77.9 Å². The number of carbonyl (C=O) groups is 4. The van der Waals surface area contributed by atoms with E-state index in [1.165, 1.54) is 0 Å². The zero-order valence-electron chi connectivity index (χ0n) is 30.8. The summed E-state index contributed by atoms with van der Waals surface area (Å²) < 4.78 is 22.0. The van der Waals surface area contributed by atoms with Crippen molar-refractivity contribution in [2.24, 2.45) is 5.92 Å². The Morgan fingerprint density at radius 1 is 0.962 bits per heavy atom. The molecule has 0 N–H and O–H groups in total. The molecular formula is C41H49N3O8. The third kappa shape index (κ3) is 8.41. The van der Waals surface area contributed by atoms with Gasteiger partial charge in [0.15, 0.2) is 6.61 Å². The summed E-state index contributed by atoms with van der Waals surface area (Å²) in [6.45, 7) is 9.15. The topological polar surface area (TPSA) is 115 Å². The average molecular weight is 712 g/mol. The third-order valence-corrected chi connectivity index (χ3v) is 9.65. The Morgan fingerprint density at radius 2 is 1.71 bits per heavy atom. The molecule has 0 spiro atoms. The zero-order valence-corrected chi connectivity index (χ0v) is 30.8. The van der Waals surface area contributed by atoms with Crippen LogP contribution in [0.3, 0.4) is 0 Å². The number of amides is 3. The van der Waals surface area contributed by atoms with Gasteiger partial charge < -0.3 is 33.6 Å². The van der Waals surface area contributed by atoms with Crippen LogP contribution in [-0.2, 0) is 23.8 Å². The van der Waals surface area contributed by atoms with E-state index in [1.807, 2.05) is 80.3 Å². The van der Waals surface area contributed by atoms with Crippen LogP contribution in [0.25, 0.3) is 11.1 Å². The first kappa shape index (κ1) is 36.9. The highest BCUT2D eigenvalue weighted by molar-refractivity contribution is 6.01. The maximum Gasteiger partial charge on any atom is 0.410 e. The van der Waals surface area contributed by atoms with Crippen LogP contribution in [0.2, 0.25) is 0 Å². The molecule has 0 unspecified atom stereocenters. The first-order valence-corrected chi connectivity index (χ1v) is 18.2.